The maximum atomic E-state index is 9.29. The minimum absolute atomic E-state index is 0.142. The fourth-order valence-corrected chi connectivity index (χ4v) is 4.18. The molecule has 0 saturated carbocycles. The van der Waals surface area contributed by atoms with E-state index in [1.807, 2.05) is 44.5 Å². The Morgan fingerprint density at radius 2 is 2.15 bits per heavy atom. The van der Waals surface area contributed by atoms with Gasteiger partial charge in [0.2, 0.25) is 0 Å². The lowest BCUT2D eigenvalue weighted by atomic mass is 9.41. The first kappa shape index (κ1) is 19.4. The van der Waals surface area contributed by atoms with Crippen LogP contribution in [0.2, 0.25) is 12.6 Å². The van der Waals surface area contributed by atoms with Gasteiger partial charge in [0.25, 0.3) is 6.71 Å². The Morgan fingerprint density at radius 3 is 2.85 bits per heavy atom. The van der Waals surface area contributed by atoms with Crippen LogP contribution in [0.3, 0.4) is 0 Å². The summed E-state index contributed by atoms with van der Waals surface area (Å²) in [5.74, 6) is 3.67. The van der Waals surface area contributed by atoms with Gasteiger partial charge in [-0.3, -0.25) is 0 Å². The molecule has 1 saturated heterocycles. The van der Waals surface area contributed by atoms with E-state index < -0.39 is 0 Å². The largest absolute Gasteiger partial charge is 0.331 e. The Labute approximate surface area is 164 Å². The second-order valence-corrected chi connectivity index (χ2v) is 7.58. The number of aryl methyl sites for hydroxylation is 2. The van der Waals surface area contributed by atoms with E-state index in [0.717, 1.165) is 58.9 Å². The maximum absolute atomic E-state index is 9.29. The van der Waals surface area contributed by atoms with Gasteiger partial charge in [-0.2, -0.15) is 14.0 Å². The summed E-state index contributed by atoms with van der Waals surface area (Å²) in [6.45, 7) is 8.15. The first-order valence-electron chi connectivity index (χ1n) is 9.59. The third kappa shape index (κ3) is 4.14. The smallest absolute Gasteiger partial charge is 0.268 e. The number of rotatable bonds is 3. The Balaban J connectivity index is 0.00000102. The Bertz CT molecular complexity index is 957. The fourth-order valence-electron chi connectivity index (χ4n) is 3.51. The molecule has 1 N–H and O–H groups in total. The topological polar surface area (TPSA) is 78.9 Å². The van der Waals surface area contributed by atoms with Crippen LogP contribution < -0.4 is 5.32 Å². The van der Waals surface area contributed by atoms with Gasteiger partial charge in [-0.05, 0) is 43.8 Å². The molecule has 27 heavy (non-hydrogen) atoms. The summed E-state index contributed by atoms with van der Waals surface area (Å²) >= 11 is 1.44. The van der Waals surface area contributed by atoms with Gasteiger partial charge in [0.1, 0.15) is 10.8 Å². The standard InChI is InChI=1S/C17H19BN6S.C2H6/c1-11-9-20-24-15(22-16-6-12(2)23-25-16)7-14(21-17(11)24)13-4-3-5-18(8-13)10-19;1-2/h6-7,9,13,22H,3-5,8H2,1-2H3;1-2H3. The molecule has 1 atom stereocenters. The van der Waals surface area contributed by atoms with Crippen LogP contribution in [0.1, 0.15) is 49.6 Å². The molecular formula is C19H25BN6S. The quantitative estimate of drug-likeness (QED) is 0.647. The molecule has 6 nitrogen and oxygen atoms in total. The van der Waals surface area contributed by atoms with Gasteiger partial charge < -0.3 is 5.32 Å². The van der Waals surface area contributed by atoms with Crippen molar-refractivity contribution in [1.29, 1.82) is 5.26 Å². The number of hydrogen-bond acceptors (Lipinski definition) is 6. The van der Waals surface area contributed by atoms with Crippen LogP contribution in [0.5, 0.6) is 0 Å². The van der Waals surface area contributed by atoms with Crippen molar-refractivity contribution in [3.8, 4) is 5.97 Å². The molecule has 1 fully saturated rings. The van der Waals surface area contributed by atoms with Gasteiger partial charge in [-0.1, -0.05) is 32.9 Å². The number of aromatic nitrogens is 4. The molecule has 0 aromatic carbocycles. The van der Waals surface area contributed by atoms with Gasteiger partial charge in [-0.25, -0.2) is 10.2 Å². The van der Waals surface area contributed by atoms with Gasteiger partial charge in [-0.15, -0.1) is 0 Å². The zero-order chi connectivity index (χ0) is 19.4. The molecule has 0 aliphatic carbocycles. The SMILES string of the molecule is CC.Cc1cc(Nc2cc(C3CCCB(C#N)C3)nc3c(C)cnn23)sn1. The van der Waals surface area contributed by atoms with E-state index in [1.165, 1.54) is 11.5 Å². The van der Waals surface area contributed by atoms with Crippen molar-refractivity contribution >= 4 is 34.7 Å². The predicted molar refractivity (Wildman–Crippen MR) is 112 cm³/mol. The molecule has 0 radical (unpaired) electrons. The Morgan fingerprint density at radius 1 is 1.33 bits per heavy atom. The summed E-state index contributed by atoms with van der Waals surface area (Å²) in [5, 5.41) is 18.2. The van der Waals surface area contributed by atoms with E-state index in [2.05, 4.69) is 26.8 Å². The molecule has 1 unspecified atom stereocenters. The summed E-state index contributed by atoms with van der Waals surface area (Å²) in [7, 11) is 0. The number of nitrogens with zero attached hydrogens (tertiary/aromatic N) is 5. The van der Waals surface area contributed by atoms with Crippen molar-refractivity contribution in [1.82, 2.24) is 19.0 Å². The summed E-state index contributed by atoms with van der Waals surface area (Å²) in [4.78, 5) is 4.87. The van der Waals surface area contributed by atoms with Crippen molar-refractivity contribution in [3.63, 3.8) is 0 Å². The fraction of sp³-hybridized carbons (Fsp3) is 0.474. The second-order valence-electron chi connectivity index (χ2n) is 6.78. The molecule has 3 aromatic heterocycles. The Kier molecular flexibility index (Phi) is 6.12. The molecular weight excluding hydrogens is 355 g/mol. The molecule has 0 amide bonds. The van der Waals surface area contributed by atoms with E-state index in [1.54, 1.807) is 0 Å². The van der Waals surface area contributed by atoms with Gasteiger partial charge >= 0.3 is 0 Å². The van der Waals surface area contributed by atoms with Crippen LogP contribution in [0, 0.1) is 25.1 Å². The lowest BCUT2D eigenvalue weighted by molar-refractivity contribution is 0.614. The number of hydrogen-bond donors (Lipinski definition) is 1. The first-order chi connectivity index (χ1) is 13.1. The highest BCUT2D eigenvalue weighted by Crippen LogP contribution is 2.34. The van der Waals surface area contributed by atoms with Crippen molar-refractivity contribution < 1.29 is 0 Å². The number of anilines is 2. The van der Waals surface area contributed by atoms with Crippen molar-refractivity contribution in [2.24, 2.45) is 0 Å². The predicted octanol–water partition coefficient (Wildman–Crippen LogP) is 5.01. The van der Waals surface area contributed by atoms with Crippen molar-refractivity contribution in [3.05, 3.63) is 35.3 Å². The lowest BCUT2D eigenvalue weighted by Gasteiger charge is -2.23. The summed E-state index contributed by atoms with van der Waals surface area (Å²) in [6.07, 6.45) is 5.92. The van der Waals surface area contributed by atoms with E-state index in [9.17, 15) is 5.26 Å². The molecule has 1 aliphatic rings. The second kappa shape index (κ2) is 8.53. The monoisotopic (exact) mass is 380 g/mol. The van der Waals surface area contributed by atoms with Crippen LogP contribution in [-0.4, -0.2) is 25.7 Å². The molecule has 4 heterocycles. The normalized spacial score (nSPS) is 16.6. The summed E-state index contributed by atoms with van der Waals surface area (Å²) < 4.78 is 6.17. The van der Waals surface area contributed by atoms with Gasteiger partial charge in [0, 0.05) is 23.3 Å². The van der Waals surface area contributed by atoms with Crippen LogP contribution in [-0.2, 0) is 0 Å². The minimum atomic E-state index is 0.142. The van der Waals surface area contributed by atoms with E-state index in [-0.39, 0.29) is 6.71 Å². The van der Waals surface area contributed by atoms with Crippen LogP contribution in [0.25, 0.3) is 5.65 Å². The van der Waals surface area contributed by atoms with Crippen LogP contribution in [0.15, 0.2) is 18.3 Å². The minimum Gasteiger partial charge on any atom is -0.331 e. The summed E-state index contributed by atoms with van der Waals surface area (Å²) in [6, 6.07) is 4.11. The van der Waals surface area contributed by atoms with Crippen molar-refractivity contribution in [2.75, 3.05) is 5.32 Å². The molecule has 0 bridgehead atoms. The third-order valence-electron chi connectivity index (χ3n) is 4.82. The van der Waals surface area contributed by atoms with Gasteiger partial charge in [0.15, 0.2) is 5.65 Å². The molecule has 1 aliphatic heterocycles. The highest BCUT2D eigenvalue weighted by atomic mass is 32.1. The van der Waals surface area contributed by atoms with E-state index in [4.69, 9.17) is 4.98 Å². The average molecular weight is 380 g/mol. The summed E-state index contributed by atoms with van der Waals surface area (Å²) in [5.41, 5.74) is 3.98. The van der Waals surface area contributed by atoms with E-state index in [0.29, 0.717) is 5.92 Å². The van der Waals surface area contributed by atoms with Crippen LogP contribution in [0.4, 0.5) is 10.8 Å². The first-order valence-corrected chi connectivity index (χ1v) is 10.4. The molecule has 8 heteroatoms. The number of nitrogens with one attached hydrogen (secondary N) is 1. The lowest BCUT2D eigenvalue weighted by Crippen LogP contribution is -2.21. The zero-order valence-electron chi connectivity index (χ0n) is 16.4. The van der Waals surface area contributed by atoms with Crippen molar-refractivity contribution in [2.45, 2.75) is 59.1 Å². The molecule has 4 rings (SSSR count). The molecule has 0 spiro atoms. The van der Waals surface area contributed by atoms with E-state index >= 15 is 0 Å². The molecule has 3 aromatic rings. The highest BCUT2D eigenvalue weighted by molar-refractivity contribution is 7.10. The number of fused-ring (bicyclic) bond motifs is 1. The molecule has 140 valence electrons. The maximum Gasteiger partial charge on any atom is 0.268 e. The number of nitriles is 1. The highest BCUT2D eigenvalue weighted by Gasteiger charge is 2.28. The average Bonchev–Trinajstić information content (AvgIpc) is 3.29. The third-order valence-corrected chi connectivity index (χ3v) is 5.62. The van der Waals surface area contributed by atoms with Crippen LogP contribution >= 0.6 is 11.5 Å². The Hall–Kier alpha value is -2.40. The zero-order valence-corrected chi connectivity index (χ0v) is 17.2. The van der Waals surface area contributed by atoms with Gasteiger partial charge in [0.05, 0.1) is 11.9 Å².